The predicted molar refractivity (Wildman–Crippen MR) is 73.9 cm³/mol. The van der Waals surface area contributed by atoms with Crippen molar-refractivity contribution >= 4 is 33.4 Å². The molecule has 0 amide bonds. The SMILES string of the molecule is CS/C(N)=N\c1nc(-c2ccc(CC#N)o2)cs1. The molecule has 0 fully saturated rings. The molecule has 0 unspecified atom stereocenters. The van der Waals surface area contributed by atoms with Gasteiger partial charge in [0, 0.05) is 5.38 Å². The number of aromatic nitrogens is 1. The number of nitrogens with zero attached hydrogens (tertiary/aromatic N) is 3. The number of thiazole rings is 1. The summed E-state index contributed by atoms with van der Waals surface area (Å²) >= 11 is 2.76. The third kappa shape index (κ3) is 2.91. The van der Waals surface area contributed by atoms with E-state index < -0.39 is 0 Å². The molecule has 2 rings (SSSR count). The summed E-state index contributed by atoms with van der Waals surface area (Å²) in [5.74, 6) is 1.27. The van der Waals surface area contributed by atoms with Crippen LogP contribution in [-0.2, 0) is 6.42 Å². The van der Waals surface area contributed by atoms with Gasteiger partial charge in [0.2, 0.25) is 5.13 Å². The van der Waals surface area contributed by atoms with Crippen molar-refractivity contribution in [2.45, 2.75) is 6.42 Å². The Bertz CT molecular complexity index is 609. The van der Waals surface area contributed by atoms with Gasteiger partial charge in [0.1, 0.15) is 11.5 Å². The van der Waals surface area contributed by atoms with E-state index >= 15 is 0 Å². The predicted octanol–water partition coefficient (Wildman–Crippen LogP) is 2.78. The lowest BCUT2D eigenvalue weighted by Crippen LogP contribution is -2.03. The van der Waals surface area contributed by atoms with Crippen LogP contribution in [0.3, 0.4) is 0 Å². The zero-order valence-corrected chi connectivity index (χ0v) is 11.2. The third-order valence-corrected chi connectivity index (χ3v) is 3.32. The molecular formula is C11H10N4OS2. The fourth-order valence-corrected chi connectivity index (χ4v) is 2.18. The number of hydrogen-bond donors (Lipinski definition) is 1. The molecule has 2 aromatic heterocycles. The number of hydrogen-bond acceptors (Lipinski definition) is 6. The van der Waals surface area contributed by atoms with Crippen LogP contribution in [0.4, 0.5) is 5.13 Å². The van der Waals surface area contributed by atoms with Gasteiger partial charge in [0.25, 0.3) is 0 Å². The van der Waals surface area contributed by atoms with Crippen molar-refractivity contribution in [1.82, 2.24) is 4.98 Å². The minimum atomic E-state index is 0.259. The second-order valence-corrected chi connectivity index (χ2v) is 4.93. The van der Waals surface area contributed by atoms with Crippen LogP contribution in [0.2, 0.25) is 0 Å². The monoisotopic (exact) mass is 278 g/mol. The van der Waals surface area contributed by atoms with Crippen LogP contribution < -0.4 is 5.73 Å². The van der Waals surface area contributed by atoms with E-state index in [1.165, 1.54) is 23.1 Å². The van der Waals surface area contributed by atoms with Crippen LogP contribution in [0.5, 0.6) is 0 Å². The number of rotatable bonds is 3. The van der Waals surface area contributed by atoms with Crippen LogP contribution in [0.15, 0.2) is 26.9 Å². The molecule has 0 aliphatic carbocycles. The first-order valence-electron chi connectivity index (χ1n) is 5.02. The summed E-state index contributed by atoms with van der Waals surface area (Å²) in [5.41, 5.74) is 6.32. The highest BCUT2D eigenvalue weighted by Crippen LogP contribution is 2.28. The summed E-state index contributed by atoms with van der Waals surface area (Å²) in [6, 6.07) is 5.61. The molecule has 18 heavy (non-hydrogen) atoms. The molecule has 0 bridgehead atoms. The molecule has 0 aliphatic heterocycles. The van der Waals surface area contributed by atoms with Crippen molar-refractivity contribution in [3.63, 3.8) is 0 Å². The lowest BCUT2D eigenvalue weighted by Gasteiger charge is -1.91. The average molecular weight is 278 g/mol. The Morgan fingerprint density at radius 3 is 3.22 bits per heavy atom. The van der Waals surface area contributed by atoms with Crippen molar-refractivity contribution in [3.8, 4) is 17.5 Å². The molecule has 2 heterocycles. The molecule has 2 N–H and O–H groups in total. The fraction of sp³-hybridized carbons (Fsp3) is 0.182. The van der Waals surface area contributed by atoms with E-state index in [0.717, 1.165) is 0 Å². The second-order valence-electron chi connectivity index (χ2n) is 3.27. The van der Waals surface area contributed by atoms with E-state index in [2.05, 4.69) is 9.98 Å². The molecule has 7 heteroatoms. The number of thioether (sulfide) groups is 1. The van der Waals surface area contributed by atoms with Gasteiger partial charge in [0.15, 0.2) is 10.9 Å². The van der Waals surface area contributed by atoms with Crippen molar-refractivity contribution in [2.75, 3.05) is 6.26 Å². The number of amidine groups is 1. The average Bonchev–Trinajstić information content (AvgIpc) is 2.98. The van der Waals surface area contributed by atoms with Crippen LogP contribution in [0.1, 0.15) is 5.76 Å². The summed E-state index contributed by atoms with van der Waals surface area (Å²) in [5, 5.41) is 11.5. The van der Waals surface area contributed by atoms with Crippen molar-refractivity contribution in [1.29, 1.82) is 5.26 Å². The van der Waals surface area contributed by atoms with Gasteiger partial charge in [-0.3, -0.25) is 0 Å². The Balaban J connectivity index is 2.21. The number of aliphatic imine (C=N–C) groups is 1. The second kappa shape index (κ2) is 5.71. The minimum Gasteiger partial charge on any atom is -0.458 e. The third-order valence-electron chi connectivity index (χ3n) is 2.07. The Hall–Kier alpha value is -1.78. The zero-order chi connectivity index (χ0) is 13.0. The van der Waals surface area contributed by atoms with Gasteiger partial charge in [0.05, 0.1) is 12.5 Å². The molecule has 0 radical (unpaired) electrons. The van der Waals surface area contributed by atoms with Gasteiger partial charge in [-0.1, -0.05) is 11.8 Å². The molecule has 0 atom stereocenters. The first-order chi connectivity index (χ1) is 8.72. The van der Waals surface area contributed by atoms with Crippen LogP contribution >= 0.6 is 23.1 Å². The van der Waals surface area contributed by atoms with Gasteiger partial charge in [-0.05, 0) is 18.4 Å². The lowest BCUT2D eigenvalue weighted by molar-refractivity contribution is 0.536. The van der Waals surface area contributed by atoms with Crippen LogP contribution in [-0.4, -0.2) is 16.4 Å². The molecular weight excluding hydrogens is 268 g/mol. The molecule has 0 aromatic carbocycles. The zero-order valence-electron chi connectivity index (χ0n) is 9.58. The number of nitriles is 1. The number of furan rings is 1. The first-order valence-corrected chi connectivity index (χ1v) is 7.13. The first kappa shape index (κ1) is 12.7. The highest BCUT2D eigenvalue weighted by atomic mass is 32.2. The lowest BCUT2D eigenvalue weighted by atomic mass is 10.3. The van der Waals surface area contributed by atoms with Crippen molar-refractivity contribution in [3.05, 3.63) is 23.3 Å². The van der Waals surface area contributed by atoms with E-state index in [1.807, 2.05) is 17.7 Å². The molecule has 0 saturated heterocycles. The normalized spacial score (nSPS) is 11.4. The van der Waals surface area contributed by atoms with Gasteiger partial charge in [-0.15, -0.1) is 11.3 Å². The number of nitrogens with two attached hydrogens (primary N) is 1. The molecule has 92 valence electrons. The summed E-state index contributed by atoms with van der Waals surface area (Å²) in [6.45, 7) is 0. The van der Waals surface area contributed by atoms with Crippen LogP contribution in [0.25, 0.3) is 11.5 Å². The standard InChI is InChI=1S/C11H10N4OS2/c1-17-10(13)15-11-14-8(6-18-11)9-3-2-7(16-9)4-5-12/h2-3,6H,4H2,1H3,(H2,13,14,15). The van der Waals surface area contributed by atoms with Gasteiger partial charge in [-0.2, -0.15) is 10.3 Å². The molecule has 2 aromatic rings. The maximum Gasteiger partial charge on any atom is 0.212 e. The smallest absolute Gasteiger partial charge is 0.212 e. The summed E-state index contributed by atoms with van der Waals surface area (Å²) < 4.78 is 5.49. The minimum absolute atomic E-state index is 0.259. The van der Waals surface area contributed by atoms with E-state index in [9.17, 15) is 0 Å². The Morgan fingerprint density at radius 1 is 1.67 bits per heavy atom. The van der Waals surface area contributed by atoms with Gasteiger partial charge in [-0.25, -0.2) is 4.98 Å². The highest BCUT2D eigenvalue weighted by molar-refractivity contribution is 8.13. The van der Waals surface area contributed by atoms with Gasteiger partial charge < -0.3 is 10.2 Å². The maximum absolute atomic E-state index is 8.57. The maximum atomic E-state index is 8.57. The van der Waals surface area contributed by atoms with Gasteiger partial charge >= 0.3 is 0 Å². The Kier molecular flexibility index (Phi) is 4.02. The Labute approximate surface area is 112 Å². The van der Waals surface area contributed by atoms with E-state index in [4.69, 9.17) is 15.4 Å². The molecule has 0 saturated carbocycles. The Morgan fingerprint density at radius 2 is 2.50 bits per heavy atom. The fourth-order valence-electron chi connectivity index (χ4n) is 1.26. The van der Waals surface area contributed by atoms with E-state index in [1.54, 1.807) is 12.1 Å². The summed E-state index contributed by atoms with van der Waals surface area (Å²) in [4.78, 5) is 8.44. The summed E-state index contributed by atoms with van der Waals surface area (Å²) in [6.07, 6.45) is 2.11. The van der Waals surface area contributed by atoms with Crippen molar-refractivity contribution in [2.24, 2.45) is 10.7 Å². The molecule has 5 nitrogen and oxygen atoms in total. The largest absolute Gasteiger partial charge is 0.458 e. The summed E-state index contributed by atoms with van der Waals surface area (Å²) in [7, 11) is 0. The topological polar surface area (TPSA) is 88.2 Å². The van der Waals surface area contributed by atoms with E-state index in [0.29, 0.717) is 27.5 Å². The molecule has 0 aliphatic rings. The van der Waals surface area contributed by atoms with Crippen molar-refractivity contribution < 1.29 is 4.42 Å². The molecule has 0 spiro atoms. The quantitative estimate of drug-likeness (QED) is 0.689. The van der Waals surface area contributed by atoms with Crippen LogP contribution in [0, 0.1) is 11.3 Å². The van der Waals surface area contributed by atoms with E-state index in [-0.39, 0.29) is 6.42 Å². The highest BCUT2D eigenvalue weighted by Gasteiger charge is 2.09.